The van der Waals surface area contributed by atoms with Crippen molar-refractivity contribution in [1.29, 1.82) is 0 Å². The summed E-state index contributed by atoms with van der Waals surface area (Å²) in [7, 11) is 2.21. The fourth-order valence-electron chi connectivity index (χ4n) is 6.71. The number of nitrogens with zero attached hydrogens (tertiary/aromatic N) is 6. The molecule has 1 saturated carbocycles. The van der Waals surface area contributed by atoms with Crippen LogP contribution in [0.15, 0.2) is 23.1 Å². The van der Waals surface area contributed by atoms with E-state index in [1.165, 1.54) is 0 Å². The first-order valence-corrected chi connectivity index (χ1v) is 20.2. The molecule has 1 amide bonds. The van der Waals surface area contributed by atoms with Crippen LogP contribution in [0, 0.1) is 5.92 Å². The molecule has 11 nitrogen and oxygen atoms in total. The summed E-state index contributed by atoms with van der Waals surface area (Å²) in [6.45, 7) is 14.0. The van der Waals surface area contributed by atoms with E-state index in [0.717, 1.165) is 18.9 Å². The molecule has 46 heavy (non-hydrogen) atoms. The van der Waals surface area contributed by atoms with Crippen LogP contribution in [0.1, 0.15) is 33.6 Å². The number of halogens is 2. The molecule has 4 heterocycles. The Labute approximate surface area is 279 Å². The summed E-state index contributed by atoms with van der Waals surface area (Å²) in [5.41, 5.74) is 1.74. The standard InChI is InChI=1S/C32H43Cl2N7O4Si/c1-32(2,3)45-31(43)35-26-18-9-12-22(26)41(15-18)30-36-28-23(29(42)38(30)4)20(16-40(28)17-44-13-14-46(6,7)8)19-10-11-21-24(25(19)33)27(34)39(5)37-21/h10-11,16,18,22,26H,9,12-15,17H2,1-8H3,(H,35,43)/t18-,22-,26-/m1/s1. The van der Waals surface area contributed by atoms with E-state index in [1.54, 1.807) is 23.3 Å². The predicted molar refractivity (Wildman–Crippen MR) is 186 cm³/mol. The van der Waals surface area contributed by atoms with Crippen molar-refractivity contribution in [2.45, 2.75) is 83.7 Å². The molecule has 248 valence electrons. The first kappa shape index (κ1) is 32.9. The van der Waals surface area contributed by atoms with E-state index in [9.17, 15) is 9.59 Å². The summed E-state index contributed by atoms with van der Waals surface area (Å²) >= 11 is 13.6. The minimum atomic E-state index is -1.30. The second-order valence-corrected chi connectivity index (χ2v) is 21.2. The van der Waals surface area contributed by atoms with Gasteiger partial charge in [0.05, 0.1) is 33.4 Å². The molecule has 14 heteroatoms. The van der Waals surface area contributed by atoms with Crippen molar-refractivity contribution >= 4 is 65.3 Å². The Morgan fingerprint density at radius 2 is 1.85 bits per heavy atom. The highest BCUT2D eigenvalue weighted by Gasteiger charge is 2.49. The second-order valence-electron chi connectivity index (χ2n) is 14.8. The monoisotopic (exact) mass is 687 g/mol. The highest BCUT2D eigenvalue weighted by Crippen LogP contribution is 2.42. The molecule has 1 aliphatic carbocycles. The highest BCUT2D eigenvalue weighted by molar-refractivity contribution is 6.76. The summed E-state index contributed by atoms with van der Waals surface area (Å²) in [5, 5.41) is 9.49. The Hall–Kier alpha value is -3.06. The van der Waals surface area contributed by atoms with Crippen molar-refractivity contribution in [3.63, 3.8) is 0 Å². The molecule has 1 N–H and O–H groups in total. The second kappa shape index (κ2) is 11.9. The Morgan fingerprint density at radius 1 is 1.11 bits per heavy atom. The van der Waals surface area contributed by atoms with Crippen LogP contribution in [0.4, 0.5) is 10.7 Å². The van der Waals surface area contributed by atoms with Crippen molar-refractivity contribution in [2.24, 2.45) is 20.0 Å². The summed E-state index contributed by atoms with van der Waals surface area (Å²) in [6, 6.07) is 4.66. The Balaban J connectivity index is 1.42. The molecule has 1 aliphatic heterocycles. The number of benzene rings is 1. The molecule has 2 aliphatic rings. The maximum absolute atomic E-state index is 14.3. The fraction of sp³-hybridized carbons (Fsp3) is 0.562. The first-order valence-electron chi connectivity index (χ1n) is 15.8. The van der Waals surface area contributed by atoms with Gasteiger partial charge in [0, 0.05) is 52.6 Å². The zero-order valence-electron chi connectivity index (χ0n) is 27.8. The molecular weight excluding hydrogens is 645 g/mol. The summed E-state index contributed by atoms with van der Waals surface area (Å²) in [5.74, 6) is 0.790. The maximum atomic E-state index is 14.3. The summed E-state index contributed by atoms with van der Waals surface area (Å²) < 4.78 is 16.8. The molecule has 2 fully saturated rings. The quantitative estimate of drug-likeness (QED) is 0.169. The van der Waals surface area contributed by atoms with Crippen LogP contribution >= 0.6 is 23.2 Å². The number of amides is 1. The minimum Gasteiger partial charge on any atom is -0.444 e. The van der Waals surface area contributed by atoms with Gasteiger partial charge in [0.25, 0.3) is 5.56 Å². The van der Waals surface area contributed by atoms with Gasteiger partial charge < -0.3 is 24.3 Å². The number of rotatable bonds is 8. The normalized spacial score (nSPS) is 20.0. The van der Waals surface area contributed by atoms with E-state index in [-0.39, 0.29) is 30.3 Å². The molecule has 0 spiro atoms. The number of anilines is 1. The van der Waals surface area contributed by atoms with Gasteiger partial charge in [-0.3, -0.25) is 14.0 Å². The number of carbonyl (C=O) groups is 1. The maximum Gasteiger partial charge on any atom is 0.407 e. The SMILES string of the molecule is Cn1nc2ccc(-c3cn(COCC[Si](C)(C)C)c4nc(N5C[C@H]6CC[C@@H]5[C@@H]6NC(=O)OC(C)(C)C)n(C)c(=O)c34)c(Cl)c2c1Cl. The van der Waals surface area contributed by atoms with Crippen molar-refractivity contribution < 1.29 is 14.3 Å². The zero-order chi connectivity index (χ0) is 33.3. The molecule has 3 atom stereocenters. The molecular formula is C32H43Cl2N7O4Si. The molecule has 1 aromatic carbocycles. The molecule has 0 radical (unpaired) electrons. The largest absolute Gasteiger partial charge is 0.444 e. The molecule has 6 rings (SSSR count). The van der Waals surface area contributed by atoms with Crippen LogP contribution in [0.5, 0.6) is 0 Å². The number of piperidine rings is 1. The topological polar surface area (TPSA) is 108 Å². The van der Waals surface area contributed by atoms with Gasteiger partial charge in [0.1, 0.15) is 17.5 Å². The molecule has 4 aromatic rings. The van der Waals surface area contributed by atoms with Gasteiger partial charge in [0.2, 0.25) is 5.95 Å². The number of hydrogen-bond acceptors (Lipinski definition) is 7. The molecule has 0 unspecified atom stereocenters. The Bertz CT molecular complexity index is 1890. The molecule has 2 bridgehead atoms. The fourth-order valence-corrected chi connectivity index (χ4v) is 8.10. The lowest BCUT2D eigenvalue weighted by Gasteiger charge is -2.30. The van der Waals surface area contributed by atoms with Crippen LogP contribution in [0.3, 0.4) is 0 Å². The lowest BCUT2D eigenvalue weighted by molar-refractivity contribution is 0.0497. The van der Waals surface area contributed by atoms with Crippen molar-refractivity contribution in [2.75, 3.05) is 18.1 Å². The summed E-state index contributed by atoms with van der Waals surface area (Å²) in [6.07, 6.45) is 3.34. The lowest BCUT2D eigenvalue weighted by atomic mass is 10.0. The van der Waals surface area contributed by atoms with Crippen molar-refractivity contribution in [1.82, 2.24) is 29.2 Å². The average Bonchev–Trinajstić information content (AvgIpc) is 3.68. The van der Waals surface area contributed by atoms with Gasteiger partial charge in [-0.2, -0.15) is 10.1 Å². The number of alkyl carbamates (subject to hydrolysis) is 1. The third-order valence-electron chi connectivity index (χ3n) is 8.99. The third-order valence-corrected chi connectivity index (χ3v) is 11.5. The number of fused-ring (bicyclic) bond motifs is 4. The number of nitrogens with one attached hydrogen (secondary N) is 1. The zero-order valence-corrected chi connectivity index (χ0v) is 30.3. The van der Waals surface area contributed by atoms with Gasteiger partial charge in [-0.15, -0.1) is 0 Å². The lowest BCUT2D eigenvalue weighted by Crippen LogP contribution is -2.46. The first-order chi connectivity index (χ1) is 21.5. The smallest absolute Gasteiger partial charge is 0.407 e. The van der Waals surface area contributed by atoms with E-state index < -0.39 is 19.8 Å². The highest BCUT2D eigenvalue weighted by atomic mass is 35.5. The van der Waals surface area contributed by atoms with Crippen LogP contribution in [0.25, 0.3) is 33.1 Å². The van der Waals surface area contributed by atoms with E-state index in [1.807, 2.05) is 43.7 Å². The van der Waals surface area contributed by atoms with Crippen LogP contribution in [-0.4, -0.2) is 68.9 Å². The number of aryl methyl sites for hydroxylation is 1. The number of hydrogen-bond donors (Lipinski definition) is 1. The van der Waals surface area contributed by atoms with Crippen LogP contribution in [0.2, 0.25) is 35.9 Å². The Morgan fingerprint density at radius 3 is 2.54 bits per heavy atom. The van der Waals surface area contributed by atoms with Gasteiger partial charge in [-0.25, -0.2) is 4.79 Å². The van der Waals surface area contributed by atoms with Gasteiger partial charge >= 0.3 is 6.09 Å². The predicted octanol–water partition coefficient (Wildman–Crippen LogP) is 6.40. The number of carbonyl (C=O) groups excluding carboxylic acids is 1. The third kappa shape index (κ3) is 6.04. The van der Waals surface area contributed by atoms with Crippen molar-refractivity contribution in [3.05, 3.63) is 38.9 Å². The van der Waals surface area contributed by atoms with E-state index >= 15 is 0 Å². The average molecular weight is 689 g/mol. The summed E-state index contributed by atoms with van der Waals surface area (Å²) in [4.78, 5) is 34.3. The minimum absolute atomic E-state index is 0.00600. The van der Waals surface area contributed by atoms with Crippen LogP contribution in [-0.2, 0) is 30.3 Å². The van der Waals surface area contributed by atoms with Crippen LogP contribution < -0.4 is 15.8 Å². The van der Waals surface area contributed by atoms with E-state index in [0.29, 0.717) is 62.3 Å². The van der Waals surface area contributed by atoms with Gasteiger partial charge in [-0.05, 0) is 51.6 Å². The number of ether oxygens (including phenoxy) is 2. The number of aromatic nitrogens is 5. The van der Waals surface area contributed by atoms with Gasteiger partial charge in [0.15, 0.2) is 5.65 Å². The molecule has 3 aromatic heterocycles. The van der Waals surface area contributed by atoms with E-state index in [4.69, 9.17) is 37.7 Å². The van der Waals surface area contributed by atoms with E-state index in [2.05, 4.69) is 35.0 Å². The Kier molecular flexibility index (Phi) is 8.48. The van der Waals surface area contributed by atoms with Gasteiger partial charge in [-0.1, -0.05) is 48.9 Å². The van der Waals surface area contributed by atoms with Crippen molar-refractivity contribution in [3.8, 4) is 11.1 Å². The molecule has 1 saturated heterocycles.